The van der Waals surface area contributed by atoms with E-state index in [2.05, 4.69) is 17.1 Å². The van der Waals surface area contributed by atoms with Gasteiger partial charge in [0.05, 0.1) is 6.04 Å². The van der Waals surface area contributed by atoms with Gasteiger partial charge >= 0.3 is 0 Å². The maximum absolute atomic E-state index is 12.7. The van der Waals surface area contributed by atoms with E-state index in [9.17, 15) is 14.7 Å². The average Bonchev–Trinajstić information content (AvgIpc) is 3.37. The first-order chi connectivity index (χ1) is 16.6. The molecule has 1 amide bonds. The van der Waals surface area contributed by atoms with Gasteiger partial charge in [-0.3, -0.25) is 9.59 Å². The minimum atomic E-state index is -0.825. The third-order valence-corrected chi connectivity index (χ3v) is 6.71. The summed E-state index contributed by atoms with van der Waals surface area (Å²) in [7, 11) is 0. The van der Waals surface area contributed by atoms with Gasteiger partial charge in [-0.2, -0.15) is 0 Å². The number of hydrogen-bond donors (Lipinski definition) is 2. The Morgan fingerprint density at radius 2 is 1.63 bits per heavy atom. The summed E-state index contributed by atoms with van der Waals surface area (Å²) in [5, 5.41) is 14.3. The predicted molar refractivity (Wildman–Crippen MR) is 139 cm³/mol. The molecule has 7 nitrogen and oxygen atoms in total. The van der Waals surface area contributed by atoms with Crippen molar-refractivity contribution < 1.29 is 24.2 Å². The van der Waals surface area contributed by atoms with Crippen LogP contribution in [0.25, 0.3) is 0 Å². The number of likely N-dealkylation sites (tertiary alicyclic amines) is 1. The number of hydrogen-bond acceptors (Lipinski definition) is 6. The van der Waals surface area contributed by atoms with E-state index in [-0.39, 0.29) is 19.4 Å². The number of ether oxygens (including phenoxy) is 2. The summed E-state index contributed by atoms with van der Waals surface area (Å²) in [4.78, 5) is 26.8. The normalized spacial score (nSPS) is 16.9. The van der Waals surface area contributed by atoms with E-state index in [4.69, 9.17) is 9.47 Å². The Bertz CT molecular complexity index is 779. The summed E-state index contributed by atoms with van der Waals surface area (Å²) in [6.45, 7) is 5.74. The molecule has 0 saturated carbocycles. The third-order valence-electron chi connectivity index (χ3n) is 6.71. The highest BCUT2D eigenvalue weighted by Gasteiger charge is 2.27. The van der Waals surface area contributed by atoms with Gasteiger partial charge in [0.1, 0.15) is 25.1 Å². The summed E-state index contributed by atoms with van der Waals surface area (Å²) >= 11 is 0. The molecule has 0 bridgehead atoms. The number of carbonyl (C=O) groups is 2. The molecule has 0 spiro atoms. The van der Waals surface area contributed by atoms with Crippen molar-refractivity contribution in [3.05, 3.63) is 23.8 Å². The zero-order valence-electron chi connectivity index (χ0n) is 20.7. The second-order valence-corrected chi connectivity index (χ2v) is 9.59. The van der Waals surface area contributed by atoms with Crippen LogP contribution in [0.15, 0.2) is 18.2 Å². The number of ketones is 1. The molecule has 1 saturated heterocycles. The Labute approximate surface area is 211 Å². The summed E-state index contributed by atoms with van der Waals surface area (Å²) in [5.41, 5.74) is 0.724. The number of benzene rings is 1. The Morgan fingerprint density at radius 1 is 0.971 bits per heavy atom. The Morgan fingerprint density at radius 3 is 2.34 bits per heavy atom. The lowest BCUT2D eigenvalue weighted by Crippen LogP contribution is -2.46. The summed E-state index contributed by atoms with van der Waals surface area (Å²) in [5.74, 6) is 1.66. The molecular weight excluding hydrogens is 444 g/mol. The van der Waals surface area contributed by atoms with Gasteiger partial charge in [-0.15, -0.1) is 0 Å². The molecule has 7 heteroatoms. The van der Waals surface area contributed by atoms with E-state index in [0.717, 1.165) is 70.0 Å². The number of amides is 1. The molecule has 1 fully saturated rings. The third kappa shape index (κ3) is 9.80. The van der Waals surface area contributed by atoms with Crippen molar-refractivity contribution in [2.75, 3.05) is 32.8 Å². The number of aliphatic hydroxyl groups is 1. The molecule has 2 heterocycles. The smallest absolute Gasteiger partial charge is 0.220 e. The fourth-order valence-corrected chi connectivity index (χ4v) is 4.68. The van der Waals surface area contributed by atoms with Crippen LogP contribution in [0.5, 0.6) is 11.5 Å². The van der Waals surface area contributed by atoms with E-state index in [0.29, 0.717) is 56.3 Å². The molecule has 0 aromatic heterocycles. The van der Waals surface area contributed by atoms with Crippen LogP contribution in [0, 0.1) is 0 Å². The van der Waals surface area contributed by atoms with Gasteiger partial charge in [-0.1, -0.05) is 39.7 Å². The molecule has 0 unspecified atom stereocenters. The van der Waals surface area contributed by atoms with Gasteiger partial charge in [0, 0.05) is 25.8 Å². The van der Waals surface area contributed by atoms with Gasteiger partial charge in [-0.25, -0.2) is 0 Å². The molecule has 1 aromatic rings. The Hall–Kier alpha value is -2.12. The number of unbranched alkanes of at least 4 members (excludes halogenated alkanes) is 4. The standard InChI is InChI=1S/C27H42N2O5.CH4/c1-2-3-10-22(30)11-6-4-5-7-12-26(31)28-23(20-29-15-8-9-16-29)27(32)21-13-14-24-25(19-21)34-18-17-33-24;/h13-14,19,23,27,32H,2-12,15-18,20H2,1H3,(H,28,31);1H4/t23-,27-;/m1./s1. The number of Topliss-reactive ketones (excluding diaryl/α,β-unsaturated/α-hetero) is 1. The monoisotopic (exact) mass is 490 g/mol. The number of carbonyl (C=O) groups excluding carboxylic acids is 2. The van der Waals surface area contributed by atoms with E-state index in [1.54, 1.807) is 0 Å². The molecule has 1 aromatic carbocycles. The largest absolute Gasteiger partial charge is 0.486 e. The minimum Gasteiger partial charge on any atom is -0.486 e. The van der Waals surface area contributed by atoms with E-state index < -0.39 is 6.10 Å². The molecule has 2 N–H and O–H groups in total. The van der Waals surface area contributed by atoms with Crippen molar-refractivity contribution in [1.82, 2.24) is 10.2 Å². The number of rotatable bonds is 15. The first-order valence-electron chi connectivity index (χ1n) is 13.2. The zero-order valence-corrected chi connectivity index (χ0v) is 20.7. The van der Waals surface area contributed by atoms with Crippen molar-refractivity contribution >= 4 is 11.7 Å². The quantitative estimate of drug-likeness (QED) is 0.343. The van der Waals surface area contributed by atoms with E-state index in [1.807, 2.05) is 18.2 Å². The fourth-order valence-electron chi connectivity index (χ4n) is 4.68. The van der Waals surface area contributed by atoms with Crippen LogP contribution in [-0.4, -0.2) is 60.6 Å². The predicted octanol–water partition coefficient (Wildman–Crippen LogP) is 4.81. The van der Waals surface area contributed by atoms with Crippen LogP contribution in [0.2, 0.25) is 0 Å². The van der Waals surface area contributed by atoms with E-state index in [1.165, 1.54) is 0 Å². The van der Waals surface area contributed by atoms with Crippen molar-refractivity contribution in [3.8, 4) is 11.5 Å². The van der Waals surface area contributed by atoms with Crippen LogP contribution in [0.1, 0.15) is 96.6 Å². The molecule has 0 aliphatic carbocycles. The minimum absolute atomic E-state index is 0. The maximum Gasteiger partial charge on any atom is 0.220 e. The molecule has 3 rings (SSSR count). The van der Waals surface area contributed by atoms with Gasteiger partial charge < -0.3 is 24.8 Å². The Balaban J connectivity index is 0.00000432. The lowest BCUT2D eigenvalue weighted by Gasteiger charge is -2.29. The van der Waals surface area contributed by atoms with Crippen molar-refractivity contribution in [1.29, 1.82) is 0 Å². The average molecular weight is 491 g/mol. The highest BCUT2D eigenvalue weighted by atomic mass is 16.6. The number of nitrogens with zero attached hydrogens (tertiary/aromatic N) is 1. The zero-order chi connectivity index (χ0) is 24.2. The second kappa shape index (κ2) is 15.8. The highest BCUT2D eigenvalue weighted by Crippen LogP contribution is 2.33. The molecular formula is C28H46N2O5. The van der Waals surface area contributed by atoms with Crippen molar-refractivity contribution in [2.24, 2.45) is 0 Å². The molecule has 198 valence electrons. The van der Waals surface area contributed by atoms with Crippen molar-refractivity contribution in [3.63, 3.8) is 0 Å². The first kappa shape index (κ1) is 29.1. The molecule has 2 aliphatic rings. The van der Waals surface area contributed by atoms with Gasteiger partial charge in [0.15, 0.2) is 11.5 Å². The number of aliphatic hydroxyl groups excluding tert-OH is 1. The molecule has 2 aliphatic heterocycles. The van der Waals surface area contributed by atoms with Gasteiger partial charge in [-0.05, 0) is 62.9 Å². The van der Waals surface area contributed by atoms with Gasteiger partial charge in [0.2, 0.25) is 5.91 Å². The fraction of sp³-hybridized carbons (Fsp3) is 0.714. The van der Waals surface area contributed by atoms with Crippen LogP contribution >= 0.6 is 0 Å². The van der Waals surface area contributed by atoms with Gasteiger partial charge in [0.25, 0.3) is 0 Å². The first-order valence-corrected chi connectivity index (χ1v) is 13.2. The SMILES string of the molecule is C.CCCCC(=O)CCCCCCC(=O)N[C@H](CN1CCCC1)[C@H](O)c1ccc2c(c1)OCCO2. The topological polar surface area (TPSA) is 88.1 Å². The molecule has 35 heavy (non-hydrogen) atoms. The van der Waals surface area contributed by atoms with Crippen LogP contribution in [-0.2, 0) is 9.59 Å². The molecule has 2 atom stereocenters. The number of nitrogens with one attached hydrogen (secondary N) is 1. The van der Waals surface area contributed by atoms with E-state index >= 15 is 0 Å². The highest BCUT2D eigenvalue weighted by molar-refractivity contribution is 5.78. The maximum atomic E-state index is 12.7. The second-order valence-electron chi connectivity index (χ2n) is 9.59. The Kier molecular flexibility index (Phi) is 13.1. The lowest BCUT2D eigenvalue weighted by molar-refractivity contribution is -0.123. The lowest BCUT2D eigenvalue weighted by atomic mass is 10.0. The van der Waals surface area contributed by atoms with Crippen LogP contribution < -0.4 is 14.8 Å². The summed E-state index contributed by atoms with van der Waals surface area (Å²) in [6, 6.07) is 5.12. The van der Waals surface area contributed by atoms with Crippen LogP contribution in [0.3, 0.4) is 0 Å². The van der Waals surface area contributed by atoms with Crippen molar-refractivity contribution in [2.45, 2.75) is 97.1 Å². The van der Waals surface area contributed by atoms with Crippen LogP contribution in [0.4, 0.5) is 0 Å². The summed E-state index contributed by atoms with van der Waals surface area (Å²) < 4.78 is 11.3. The number of fused-ring (bicyclic) bond motifs is 1. The molecule has 0 radical (unpaired) electrons. The summed E-state index contributed by atoms with van der Waals surface area (Å²) in [6.07, 6.45) is 8.94.